The largest absolute Gasteiger partial charge is 0.207 e. The zero-order chi connectivity index (χ0) is 34.4. The highest BCUT2D eigenvalue weighted by molar-refractivity contribution is 5.24. The van der Waals surface area contributed by atoms with Crippen LogP contribution in [0.25, 0.3) is 0 Å². The minimum absolute atomic E-state index is 0.126. The van der Waals surface area contributed by atoms with Crippen LogP contribution in [-0.2, 0) is 19.3 Å². The van der Waals surface area contributed by atoms with E-state index in [0.717, 1.165) is 41.9 Å². The van der Waals surface area contributed by atoms with Gasteiger partial charge in [-0.05, 0) is 107 Å². The second-order valence-corrected chi connectivity index (χ2v) is 17.6. The summed E-state index contributed by atoms with van der Waals surface area (Å²) in [6.07, 6.45) is 4.33. The molecule has 0 bridgehead atoms. The summed E-state index contributed by atoms with van der Waals surface area (Å²) in [5, 5.41) is 0. The molecule has 0 nitrogen and oxygen atoms in total. The van der Waals surface area contributed by atoms with Crippen LogP contribution in [0.15, 0.2) is 72.8 Å². The number of hydrogen-bond acceptors (Lipinski definition) is 0. The van der Waals surface area contributed by atoms with Crippen LogP contribution in [0.2, 0.25) is 0 Å². The van der Waals surface area contributed by atoms with Crippen LogP contribution in [0.3, 0.4) is 0 Å². The van der Waals surface area contributed by atoms with Crippen molar-refractivity contribution in [1.82, 2.24) is 0 Å². The number of benzene rings is 3. The smallest absolute Gasteiger partial charge is 0.123 e. The second kappa shape index (κ2) is 18.5. The minimum Gasteiger partial charge on any atom is -0.207 e. The van der Waals surface area contributed by atoms with E-state index in [-0.39, 0.29) is 22.5 Å². The normalized spacial score (nSPS) is 11.9. The van der Waals surface area contributed by atoms with Gasteiger partial charge in [0.05, 0.1) is 0 Å². The average Bonchev–Trinajstić information content (AvgIpc) is 2.75. The van der Waals surface area contributed by atoms with Gasteiger partial charge < -0.3 is 0 Å². The Morgan fingerprint density at radius 3 is 1.30 bits per heavy atom. The summed E-state index contributed by atoms with van der Waals surface area (Å²) < 4.78 is 25.7. The zero-order valence-corrected chi connectivity index (χ0v) is 31.1. The lowest BCUT2D eigenvalue weighted by atomic mass is 9.86. The third-order valence-electron chi connectivity index (χ3n) is 6.06. The van der Waals surface area contributed by atoms with Gasteiger partial charge >= 0.3 is 0 Å². The molecule has 3 aromatic rings. The van der Waals surface area contributed by atoms with Gasteiger partial charge in [0.1, 0.15) is 11.6 Å². The van der Waals surface area contributed by atoms with Crippen LogP contribution in [0.5, 0.6) is 0 Å². The van der Waals surface area contributed by atoms with E-state index in [2.05, 4.69) is 127 Å². The molecular weight excluding hydrogens is 542 g/mol. The molecule has 0 aliphatic carbocycles. The summed E-state index contributed by atoms with van der Waals surface area (Å²) in [5.74, 6) is 0.575. The van der Waals surface area contributed by atoms with Crippen molar-refractivity contribution < 1.29 is 8.78 Å². The predicted molar refractivity (Wildman–Crippen MR) is 192 cm³/mol. The van der Waals surface area contributed by atoms with Crippen molar-refractivity contribution in [1.29, 1.82) is 0 Å². The van der Waals surface area contributed by atoms with Crippen LogP contribution in [0.1, 0.15) is 126 Å². The maximum atomic E-state index is 13.0. The third kappa shape index (κ3) is 26.0. The number of halogens is 2. The molecule has 0 aliphatic rings. The predicted octanol–water partition coefficient (Wildman–Crippen LogP) is 13.5. The van der Waals surface area contributed by atoms with Gasteiger partial charge in [-0.2, -0.15) is 0 Å². The second-order valence-electron chi connectivity index (χ2n) is 17.6. The molecule has 0 fully saturated rings. The molecule has 3 aromatic carbocycles. The van der Waals surface area contributed by atoms with Crippen LogP contribution in [0, 0.1) is 46.1 Å². The van der Waals surface area contributed by atoms with Crippen molar-refractivity contribution in [3.8, 4) is 0 Å². The molecule has 0 N–H and O–H groups in total. The highest BCUT2D eigenvalue weighted by Gasteiger charge is 2.13. The van der Waals surface area contributed by atoms with Crippen molar-refractivity contribution in [2.45, 2.75) is 130 Å². The highest BCUT2D eigenvalue weighted by Crippen LogP contribution is 2.24. The quantitative estimate of drug-likeness (QED) is 0.276. The lowest BCUT2D eigenvalue weighted by molar-refractivity contribution is 0.320. The lowest BCUT2D eigenvalue weighted by Gasteiger charge is -2.19. The van der Waals surface area contributed by atoms with E-state index in [9.17, 15) is 8.78 Å². The van der Waals surface area contributed by atoms with E-state index in [1.54, 1.807) is 24.3 Å². The van der Waals surface area contributed by atoms with Gasteiger partial charge in [-0.15, -0.1) is 0 Å². The molecular formula is C42H66F2. The van der Waals surface area contributed by atoms with Crippen LogP contribution in [-0.4, -0.2) is 0 Å². The Bertz CT molecular complexity index is 1160. The summed E-state index contributed by atoms with van der Waals surface area (Å²) in [6, 6.07) is 22.7. The molecule has 0 spiro atoms. The summed E-state index contributed by atoms with van der Waals surface area (Å²) in [4.78, 5) is 0. The molecule has 0 saturated heterocycles. The number of aryl methyl sites for hydroxylation is 1. The Labute approximate surface area is 272 Å². The molecule has 0 atom stereocenters. The first-order valence-corrected chi connectivity index (χ1v) is 16.4. The van der Waals surface area contributed by atoms with Crippen LogP contribution >= 0.6 is 0 Å². The summed E-state index contributed by atoms with van der Waals surface area (Å²) in [7, 11) is 0. The summed E-state index contributed by atoms with van der Waals surface area (Å²) in [6.45, 7) is 33.0. The molecule has 0 amide bonds. The maximum Gasteiger partial charge on any atom is 0.123 e. The molecule has 0 saturated carbocycles. The van der Waals surface area contributed by atoms with Crippen molar-refractivity contribution >= 4 is 0 Å². The van der Waals surface area contributed by atoms with Gasteiger partial charge in [-0.25, -0.2) is 8.78 Å². The van der Waals surface area contributed by atoms with Crippen molar-refractivity contribution in [2.75, 3.05) is 0 Å². The van der Waals surface area contributed by atoms with Crippen LogP contribution in [0.4, 0.5) is 8.78 Å². The Hall–Kier alpha value is -2.48. The first-order chi connectivity index (χ1) is 19.8. The minimum atomic E-state index is -0.142. The average molecular weight is 609 g/mol. The molecule has 0 unspecified atom stereocenters. The van der Waals surface area contributed by atoms with Gasteiger partial charge in [0.25, 0.3) is 0 Å². The molecule has 0 aliphatic heterocycles. The van der Waals surface area contributed by atoms with Crippen molar-refractivity contribution in [2.24, 2.45) is 27.6 Å². The van der Waals surface area contributed by atoms with Gasteiger partial charge in [0.2, 0.25) is 0 Å². The Balaban J connectivity index is 0.000000569. The Morgan fingerprint density at radius 2 is 0.909 bits per heavy atom. The fourth-order valence-electron chi connectivity index (χ4n) is 5.22. The first kappa shape index (κ1) is 41.5. The van der Waals surface area contributed by atoms with Gasteiger partial charge in [0, 0.05) is 0 Å². The Kier molecular flexibility index (Phi) is 17.4. The monoisotopic (exact) mass is 609 g/mol. The van der Waals surface area contributed by atoms with Gasteiger partial charge in [0.15, 0.2) is 0 Å². The summed E-state index contributed by atoms with van der Waals surface area (Å²) >= 11 is 0. The van der Waals surface area contributed by atoms with Crippen LogP contribution < -0.4 is 0 Å². The topological polar surface area (TPSA) is 0 Å². The summed E-state index contributed by atoms with van der Waals surface area (Å²) in [5.41, 5.74) is 5.97. The number of hydrogen-bond donors (Lipinski definition) is 0. The molecule has 0 aromatic heterocycles. The fourth-order valence-corrected chi connectivity index (χ4v) is 5.22. The molecule has 44 heavy (non-hydrogen) atoms. The van der Waals surface area contributed by atoms with E-state index in [4.69, 9.17) is 0 Å². The molecule has 0 heterocycles. The van der Waals surface area contributed by atoms with E-state index in [1.807, 2.05) is 19.1 Å². The van der Waals surface area contributed by atoms with Gasteiger partial charge in [-0.3, -0.25) is 0 Å². The SMILES string of the molecule is CC(C)(C)Cc1cccc(F)c1.CC(C)(C)Cc1ccccc1.CC(C)CC(C)(C)C.Cc1cc(F)cc(CC(C)(C)C)c1. The molecule has 0 radical (unpaired) electrons. The third-order valence-corrected chi connectivity index (χ3v) is 6.06. The lowest BCUT2D eigenvalue weighted by Crippen LogP contribution is -2.09. The Morgan fingerprint density at radius 1 is 0.477 bits per heavy atom. The molecule has 3 rings (SSSR count). The van der Waals surface area contributed by atoms with Crippen molar-refractivity contribution in [3.05, 3.63) is 107 Å². The molecule has 248 valence electrons. The molecule has 2 heteroatoms. The van der Waals surface area contributed by atoms with Gasteiger partial charge in [-0.1, -0.05) is 145 Å². The van der Waals surface area contributed by atoms with E-state index < -0.39 is 0 Å². The van der Waals surface area contributed by atoms with E-state index in [0.29, 0.717) is 10.8 Å². The maximum absolute atomic E-state index is 13.0. The van der Waals surface area contributed by atoms with Crippen molar-refractivity contribution in [3.63, 3.8) is 0 Å². The number of rotatable bonds is 4. The van der Waals surface area contributed by atoms with E-state index >= 15 is 0 Å². The fraction of sp³-hybridized carbons (Fsp3) is 0.571. The zero-order valence-electron chi connectivity index (χ0n) is 31.1. The van der Waals surface area contributed by atoms with E-state index in [1.165, 1.54) is 18.1 Å². The highest BCUT2D eigenvalue weighted by atomic mass is 19.1. The standard InChI is InChI=1S/C12H17F.C11H15F.C11H16.C8H18/c1-9-5-10(7-11(13)6-9)8-12(2,3)4;1-11(2,3)8-9-5-4-6-10(12)7-9;1-11(2,3)9-10-7-5-4-6-8-10;1-7(2)6-8(3,4)5/h5-7H,8H2,1-4H3;4-7H,8H2,1-3H3;4-8H,9H2,1-3H3;7H,6H2,1-5H3. The first-order valence-electron chi connectivity index (χ1n) is 16.4.